The number of methoxy groups -OCH3 is 1. The number of hydrogen-bond acceptors (Lipinski definition) is 5. The number of carbonyl (C=O) groups is 2. The van der Waals surface area contributed by atoms with E-state index < -0.39 is 5.97 Å². The summed E-state index contributed by atoms with van der Waals surface area (Å²) in [4.78, 5) is 23.2. The molecule has 0 spiro atoms. The second-order valence-corrected chi connectivity index (χ2v) is 5.35. The van der Waals surface area contributed by atoms with E-state index in [-0.39, 0.29) is 5.91 Å². The number of amides is 1. The molecule has 1 fully saturated rings. The van der Waals surface area contributed by atoms with Gasteiger partial charge in [0.25, 0.3) is 0 Å². The van der Waals surface area contributed by atoms with Gasteiger partial charge in [0.05, 0.1) is 13.7 Å². The summed E-state index contributed by atoms with van der Waals surface area (Å²) >= 11 is 0. The highest BCUT2D eigenvalue weighted by molar-refractivity contribution is 5.90. The van der Waals surface area contributed by atoms with Crippen LogP contribution in [0.25, 0.3) is 0 Å². The molecule has 6 nitrogen and oxygen atoms in total. The highest BCUT2D eigenvalue weighted by Crippen LogP contribution is 2.16. The SMILES string of the molecule is COC(=O)c1cc(CNC(=O)CCC2CCNC2)oc1C. The van der Waals surface area contributed by atoms with Crippen LogP contribution < -0.4 is 10.6 Å². The Kier molecular flexibility index (Phi) is 5.38. The van der Waals surface area contributed by atoms with Gasteiger partial charge in [0.2, 0.25) is 5.91 Å². The molecule has 6 heteroatoms. The van der Waals surface area contributed by atoms with Crippen LogP contribution >= 0.6 is 0 Å². The molecule has 116 valence electrons. The summed E-state index contributed by atoms with van der Waals surface area (Å²) in [6, 6.07) is 1.61. The molecule has 2 heterocycles. The average molecular weight is 294 g/mol. The van der Waals surface area contributed by atoms with E-state index in [0.717, 1.165) is 25.9 Å². The zero-order chi connectivity index (χ0) is 15.2. The lowest BCUT2D eigenvalue weighted by Crippen LogP contribution is -2.23. The maximum Gasteiger partial charge on any atom is 0.341 e. The van der Waals surface area contributed by atoms with Crippen molar-refractivity contribution in [3.8, 4) is 0 Å². The lowest BCUT2D eigenvalue weighted by Gasteiger charge is -2.07. The van der Waals surface area contributed by atoms with Crippen LogP contribution in [0.4, 0.5) is 0 Å². The molecule has 2 rings (SSSR count). The van der Waals surface area contributed by atoms with Gasteiger partial charge in [0.1, 0.15) is 17.1 Å². The minimum Gasteiger partial charge on any atom is -0.465 e. The first-order chi connectivity index (χ1) is 10.1. The molecule has 21 heavy (non-hydrogen) atoms. The van der Waals surface area contributed by atoms with E-state index in [0.29, 0.717) is 36.0 Å². The summed E-state index contributed by atoms with van der Waals surface area (Å²) in [5.41, 5.74) is 0.402. The maximum absolute atomic E-state index is 11.8. The lowest BCUT2D eigenvalue weighted by atomic mass is 10.0. The van der Waals surface area contributed by atoms with E-state index >= 15 is 0 Å². The first-order valence-electron chi connectivity index (χ1n) is 7.25. The van der Waals surface area contributed by atoms with Crippen molar-refractivity contribution in [3.63, 3.8) is 0 Å². The van der Waals surface area contributed by atoms with Gasteiger partial charge in [-0.2, -0.15) is 0 Å². The van der Waals surface area contributed by atoms with Crippen LogP contribution in [0.3, 0.4) is 0 Å². The fraction of sp³-hybridized carbons (Fsp3) is 0.600. The van der Waals surface area contributed by atoms with Crippen LogP contribution in [0.5, 0.6) is 0 Å². The van der Waals surface area contributed by atoms with Gasteiger partial charge in [0.15, 0.2) is 0 Å². The Morgan fingerprint density at radius 3 is 3.00 bits per heavy atom. The van der Waals surface area contributed by atoms with Crippen molar-refractivity contribution in [1.29, 1.82) is 0 Å². The van der Waals surface area contributed by atoms with Gasteiger partial charge in [-0.1, -0.05) is 0 Å². The molecule has 0 saturated carbocycles. The van der Waals surface area contributed by atoms with E-state index in [1.165, 1.54) is 7.11 Å². The minimum atomic E-state index is -0.428. The van der Waals surface area contributed by atoms with Gasteiger partial charge in [0, 0.05) is 6.42 Å². The molecule has 1 unspecified atom stereocenters. The number of rotatable bonds is 6. The van der Waals surface area contributed by atoms with Gasteiger partial charge in [-0.25, -0.2) is 4.79 Å². The molecule has 1 atom stereocenters. The van der Waals surface area contributed by atoms with E-state index in [2.05, 4.69) is 15.4 Å². The number of hydrogen-bond donors (Lipinski definition) is 2. The zero-order valence-electron chi connectivity index (χ0n) is 12.5. The third kappa shape index (κ3) is 4.32. The van der Waals surface area contributed by atoms with Crippen molar-refractivity contribution in [1.82, 2.24) is 10.6 Å². The average Bonchev–Trinajstić information content (AvgIpc) is 3.11. The number of carbonyl (C=O) groups excluding carboxylic acids is 2. The Morgan fingerprint density at radius 2 is 2.33 bits per heavy atom. The van der Waals surface area contributed by atoms with Crippen LogP contribution in [0.1, 0.15) is 41.1 Å². The second kappa shape index (κ2) is 7.26. The normalized spacial score (nSPS) is 17.7. The van der Waals surface area contributed by atoms with E-state index in [1.54, 1.807) is 13.0 Å². The topological polar surface area (TPSA) is 80.6 Å². The number of esters is 1. The van der Waals surface area contributed by atoms with Crippen molar-refractivity contribution in [2.24, 2.45) is 5.92 Å². The predicted molar refractivity (Wildman–Crippen MR) is 76.8 cm³/mol. The zero-order valence-corrected chi connectivity index (χ0v) is 12.5. The quantitative estimate of drug-likeness (QED) is 0.775. The van der Waals surface area contributed by atoms with Crippen LogP contribution in [0.2, 0.25) is 0 Å². The number of aryl methyl sites for hydroxylation is 1. The van der Waals surface area contributed by atoms with Crippen molar-refractivity contribution in [3.05, 3.63) is 23.2 Å². The van der Waals surface area contributed by atoms with Gasteiger partial charge in [-0.15, -0.1) is 0 Å². The molecule has 0 bridgehead atoms. The first-order valence-corrected chi connectivity index (χ1v) is 7.25. The van der Waals surface area contributed by atoms with Crippen LogP contribution in [0.15, 0.2) is 10.5 Å². The van der Waals surface area contributed by atoms with Crippen molar-refractivity contribution >= 4 is 11.9 Å². The van der Waals surface area contributed by atoms with Crippen LogP contribution in [-0.4, -0.2) is 32.1 Å². The highest BCUT2D eigenvalue weighted by atomic mass is 16.5. The summed E-state index contributed by atoms with van der Waals surface area (Å²) in [5.74, 6) is 1.25. The largest absolute Gasteiger partial charge is 0.465 e. The molecule has 0 radical (unpaired) electrons. The summed E-state index contributed by atoms with van der Waals surface area (Å²) in [6.07, 6.45) is 2.58. The molecule has 1 saturated heterocycles. The van der Waals surface area contributed by atoms with Gasteiger partial charge >= 0.3 is 5.97 Å². The van der Waals surface area contributed by atoms with Gasteiger partial charge < -0.3 is 19.8 Å². The van der Waals surface area contributed by atoms with Crippen molar-refractivity contribution in [2.75, 3.05) is 20.2 Å². The second-order valence-electron chi connectivity index (χ2n) is 5.35. The number of nitrogens with one attached hydrogen (secondary N) is 2. The first kappa shape index (κ1) is 15.6. The van der Waals surface area contributed by atoms with Crippen LogP contribution in [0, 0.1) is 12.8 Å². The monoisotopic (exact) mass is 294 g/mol. The molecule has 0 aliphatic carbocycles. The maximum atomic E-state index is 11.8. The van der Waals surface area contributed by atoms with Crippen LogP contribution in [-0.2, 0) is 16.1 Å². The summed E-state index contributed by atoms with van der Waals surface area (Å²) in [5, 5.41) is 6.10. The standard InChI is InChI=1S/C15H22N2O4/c1-10-13(15(19)20-2)7-12(21-10)9-17-14(18)4-3-11-5-6-16-8-11/h7,11,16H,3-6,8-9H2,1-2H3,(H,17,18). The van der Waals surface area contributed by atoms with E-state index in [1.807, 2.05) is 0 Å². The van der Waals surface area contributed by atoms with Gasteiger partial charge in [-0.3, -0.25) is 4.79 Å². The molecular weight excluding hydrogens is 272 g/mol. The Bertz CT molecular complexity index is 504. The summed E-state index contributed by atoms with van der Waals surface area (Å²) in [7, 11) is 1.33. The summed E-state index contributed by atoms with van der Waals surface area (Å²) < 4.78 is 10.1. The molecular formula is C15H22N2O4. The third-order valence-corrected chi connectivity index (χ3v) is 3.78. The molecule has 0 aromatic carbocycles. The van der Waals surface area contributed by atoms with E-state index in [9.17, 15) is 9.59 Å². The molecule has 1 aromatic heterocycles. The minimum absolute atomic E-state index is 0.00979. The number of ether oxygens (including phenoxy) is 1. The lowest BCUT2D eigenvalue weighted by molar-refractivity contribution is -0.121. The Labute approximate surface area is 124 Å². The number of furan rings is 1. The van der Waals surface area contributed by atoms with Crippen molar-refractivity contribution in [2.45, 2.75) is 32.7 Å². The molecule has 1 aliphatic rings. The van der Waals surface area contributed by atoms with Crippen molar-refractivity contribution < 1.29 is 18.7 Å². The Morgan fingerprint density at radius 1 is 1.52 bits per heavy atom. The Balaban J connectivity index is 1.76. The molecule has 2 N–H and O–H groups in total. The molecule has 1 aliphatic heterocycles. The smallest absolute Gasteiger partial charge is 0.341 e. The fourth-order valence-electron chi connectivity index (χ4n) is 2.51. The molecule has 1 aromatic rings. The molecule has 1 amide bonds. The van der Waals surface area contributed by atoms with E-state index in [4.69, 9.17) is 4.42 Å². The predicted octanol–water partition coefficient (Wildman–Crippen LogP) is 1.38. The highest BCUT2D eigenvalue weighted by Gasteiger charge is 2.17. The van der Waals surface area contributed by atoms with Gasteiger partial charge in [-0.05, 0) is 44.8 Å². The summed E-state index contributed by atoms with van der Waals surface area (Å²) in [6.45, 7) is 4.05. The third-order valence-electron chi connectivity index (χ3n) is 3.78. The Hall–Kier alpha value is -1.82. The fourth-order valence-corrected chi connectivity index (χ4v) is 2.51.